The normalized spacial score (nSPS) is 30.9. The Morgan fingerprint density at radius 1 is 1.07 bits per heavy atom. The van der Waals surface area contributed by atoms with Crippen LogP contribution in [0.1, 0.15) is 38.5 Å². The van der Waals surface area contributed by atoms with E-state index in [2.05, 4.69) is 0 Å². The van der Waals surface area contributed by atoms with Crippen LogP contribution >= 0.6 is 0 Å². The molecule has 4 heteroatoms. The van der Waals surface area contributed by atoms with Gasteiger partial charge < -0.3 is 9.84 Å². The number of carbonyl (C=O) groups excluding carboxylic acids is 1. The molecule has 0 bridgehead atoms. The largest absolute Gasteiger partial charge is 0.481 e. The Labute approximate surface area is 88.6 Å². The Hall–Kier alpha value is -1.06. The lowest BCUT2D eigenvalue weighted by molar-refractivity contribution is -0.157. The molecule has 0 saturated heterocycles. The van der Waals surface area contributed by atoms with E-state index < -0.39 is 5.97 Å². The van der Waals surface area contributed by atoms with E-state index in [9.17, 15) is 9.59 Å². The minimum absolute atomic E-state index is 0.0916. The lowest BCUT2D eigenvalue weighted by Crippen LogP contribution is -2.27. The molecule has 0 aromatic heterocycles. The summed E-state index contributed by atoms with van der Waals surface area (Å²) in [6.07, 6.45) is 4.67. The van der Waals surface area contributed by atoms with Gasteiger partial charge in [-0.25, -0.2) is 0 Å². The lowest BCUT2D eigenvalue weighted by atomic mass is 9.86. The minimum atomic E-state index is -0.766. The van der Waals surface area contributed by atoms with Crippen LogP contribution in [-0.2, 0) is 14.3 Å². The molecule has 2 aliphatic carbocycles. The predicted octanol–water partition coefficient (Wildman–Crippen LogP) is 1.58. The van der Waals surface area contributed by atoms with Crippen LogP contribution in [-0.4, -0.2) is 23.1 Å². The van der Waals surface area contributed by atoms with Gasteiger partial charge in [-0.1, -0.05) is 6.42 Å². The summed E-state index contributed by atoms with van der Waals surface area (Å²) in [6.45, 7) is 0. The van der Waals surface area contributed by atoms with E-state index >= 15 is 0 Å². The molecule has 2 rings (SSSR count). The molecule has 0 radical (unpaired) electrons. The van der Waals surface area contributed by atoms with Crippen LogP contribution in [0.3, 0.4) is 0 Å². The molecular weight excluding hydrogens is 196 g/mol. The van der Waals surface area contributed by atoms with Crippen LogP contribution in [0.25, 0.3) is 0 Å². The number of hydrogen-bond acceptors (Lipinski definition) is 3. The molecule has 2 unspecified atom stereocenters. The first-order valence-corrected chi connectivity index (χ1v) is 5.60. The highest BCUT2D eigenvalue weighted by Crippen LogP contribution is 2.32. The molecule has 0 amide bonds. The van der Waals surface area contributed by atoms with E-state index in [1.807, 2.05) is 0 Å². The van der Waals surface area contributed by atoms with Gasteiger partial charge in [0.2, 0.25) is 0 Å². The van der Waals surface area contributed by atoms with Gasteiger partial charge in [0.1, 0.15) is 6.10 Å². The van der Waals surface area contributed by atoms with Gasteiger partial charge in [0.15, 0.2) is 0 Å². The molecule has 0 heterocycles. The van der Waals surface area contributed by atoms with Gasteiger partial charge in [-0.2, -0.15) is 0 Å². The second kappa shape index (κ2) is 4.21. The van der Waals surface area contributed by atoms with E-state index in [0.717, 1.165) is 19.3 Å². The summed E-state index contributed by atoms with van der Waals surface area (Å²) in [7, 11) is 0. The summed E-state index contributed by atoms with van der Waals surface area (Å²) in [4.78, 5) is 22.2. The van der Waals surface area contributed by atoms with E-state index in [0.29, 0.717) is 19.3 Å². The van der Waals surface area contributed by atoms with Crippen molar-refractivity contribution in [1.82, 2.24) is 0 Å². The van der Waals surface area contributed by atoms with Crippen molar-refractivity contribution in [2.75, 3.05) is 0 Å². The summed E-state index contributed by atoms with van der Waals surface area (Å²) in [5, 5.41) is 8.79. The number of esters is 1. The van der Waals surface area contributed by atoms with Crippen LogP contribution in [0.5, 0.6) is 0 Å². The molecule has 0 spiro atoms. The average molecular weight is 212 g/mol. The molecule has 2 aliphatic rings. The molecule has 1 N–H and O–H groups in total. The molecule has 2 fully saturated rings. The first-order valence-electron chi connectivity index (χ1n) is 5.60. The van der Waals surface area contributed by atoms with Crippen molar-refractivity contribution in [3.63, 3.8) is 0 Å². The molecule has 0 aromatic rings. The molecule has 0 aromatic carbocycles. The summed E-state index contributed by atoms with van der Waals surface area (Å²) in [5.74, 6) is -1.10. The molecule has 4 nitrogen and oxygen atoms in total. The lowest BCUT2D eigenvalue weighted by Gasteiger charge is -2.25. The van der Waals surface area contributed by atoms with Crippen molar-refractivity contribution in [1.29, 1.82) is 0 Å². The van der Waals surface area contributed by atoms with Crippen molar-refractivity contribution >= 4 is 11.9 Å². The maximum Gasteiger partial charge on any atom is 0.309 e. The highest BCUT2D eigenvalue weighted by molar-refractivity contribution is 5.74. The van der Waals surface area contributed by atoms with E-state index in [1.54, 1.807) is 0 Å². The fourth-order valence-electron chi connectivity index (χ4n) is 2.18. The third-order valence-corrected chi connectivity index (χ3v) is 3.46. The Bertz CT molecular complexity index is 270. The highest BCUT2D eigenvalue weighted by atomic mass is 16.5. The number of carboxylic acids is 1. The molecule has 84 valence electrons. The monoisotopic (exact) mass is 212 g/mol. The first kappa shape index (κ1) is 10.5. The van der Waals surface area contributed by atoms with Gasteiger partial charge in [-0.05, 0) is 32.1 Å². The predicted molar refractivity (Wildman–Crippen MR) is 52.2 cm³/mol. The van der Waals surface area contributed by atoms with Gasteiger partial charge >= 0.3 is 11.9 Å². The fourth-order valence-corrected chi connectivity index (χ4v) is 2.18. The van der Waals surface area contributed by atoms with Crippen molar-refractivity contribution in [3.8, 4) is 0 Å². The molecule has 2 atom stereocenters. The van der Waals surface area contributed by atoms with Crippen LogP contribution in [0.4, 0.5) is 0 Å². The van der Waals surface area contributed by atoms with Crippen molar-refractivity contribution in [2.45, 2.75) is 44.6 Å². The summed E-state index contributed by atoms with van der Waals surface area (Å²) < 4.78 is 5.29. The zero-order valence-electron chi connectivity index (χ0n) is 8.65. The smallest absolute Gasteiger partial charge is 0.309 e. The summed E-state index contributed by atoms with van der Waals surface area (Å²) >= 11 is 0. The Morgan fingerprint density at radius 2 is 1.80 bits per heavy atom. The molecule has 0 aliphatic heterocycles. The standard InChI is InChI=1S/C11H16O4/c12-10(13)8-4-5-9(6-8)15-11(14)7-2-1-3-7/h7-9H,1-6H2,(H,12,13). The quantitative estimate of drug-likeness (QED) is 0.721. The number of carboxylic acid groups (broad SMARTS) is 1. The summed E-state index contributed by atoms with van der Waals surface area (Å²) in [6, 6.07) is 0. The second-order valence-electron chi connectivity index (χ2n) is 4.53. The molecule has 15 heavy (non-hydrogen) atoms. The molecular formula is C11H16O4. The van der Waals surface area contributed by atoms with Crippen LogP contribution in [0, 0.1) is 11.8 Å². The van der Waals surface area contributed by atoms with Gasteiger partial charge in [0.05, 0.1) is 11.8 Å². The SMILES string of the molecule is O=C(O)C1CCC(OC(=O)C2CCC2)C1. The minimum Gasteiger partial charge on any atom is -0.481 e. The van der Waals surface area contributed by atoms with Gasteiger partial charge in [-0.3, -0.25) is 9.59 Å². The van der Waals surface area contributed by atoms with Gasteiger partial charge in [-0.15, -0.1) is 0 Å². The maximum atomic E-state index is 11.5. The van der Waals surface area contributed by atoms with Gasteiger partial charge in [0, 0.05) is 0 Å². The Balaban J connectivity index is 1.76. The molecule has 2 saturated carbocycles. The topological polar surface area (TPSA) is 63.6 Å². The van der Waals surface area contributed by atoms with E-state index in [-0.39, 0.29) is 23.9 Å². The van der Waals surface area contributed by atoms with Gasteiger partial charge in [0.25, 0.3) is 0 Å². The number of hydrogen-bond donors (Lipinski definition) is 1. The Morgan fingerprint density at radius 3 is 2.27 bits per heavy atom. The second-order valence-corrected chi connectivity index (χ2v) is 4.53. The number of carbonyl (C=O) groups is 2. The maximum absolute atomic E-state index is 11.5. The van der Waals surface area contributed by atoms with Crippen LogP contribution < -0.4 is 0 Å². The summed E-state index contributed by atoms with van der Waals surface area (Å²) in [5.41, 5.74) is 0. The van der Waals surface area contributed by atoms with Crippen LogP contribution in [0.15, 0.2) is 0 Å². The average Bonchev–Trinajstić information content (AvgIpc) is 2.48. The van der Waals surface area contributed by atoms with Crippen molar-refractivity contribution in [3.05, 3.63) is 0 Å². The fraction of sp³-hybridized carbons (Fsp3) is 0.818. The van der Waals surface area contributed by atoms with Crippen molar-refractivity contribution < 1.29 is 19.4 Å². The van der Waals surface area contributed by atoms with E-state index in [4.69, 9.17) is 9.84 Å². The van der Waals surface area contributed by atoms with Crippen LogP contribution in [0.2, 0.25) is 0 Å². The zero-order chi connectivity index (χ0) is 10.8. The highest BCUT2D eigenvalue weighted by Gasteiger charge is 2.34. The number of rotatable bonds is 3. The third-order valence-electron chi connectivity index (χ3n) is 3.46. The van der Waals surface area contributed by atoms with Crippen molar-refractivity contribution in [2.24, 2.45) is 11.8 Å². The number of aliphatic carboxylic acids is 1. The zero-order valence-corrected chi connectivity index (χ0v) is 8.65. The Kier molecular flexibility index (Phi) is 2.93. The van der Waals surface area contributed by atoms with E-state index in [1.165, 1.54) is 0 Å². The third kappa shape index (κ3) is 2.30. The first-order chi connectivity index (χ1) is 7.16. The number of ether oxygens (including phenoxy) is 1.